The summed E-state index contributed by atoms with van der Waals surface area (Å²) in [5, 5.41) is 9.14. The van der Waals surface area contributed by atoms with E-state index in [-0.39, 0.29) is 0 Å². The van der Waals surface area contributed by atoms with Crippen LogP contribution >= 0.6 is 0 Å². The number of benzene rings is 3. The first-order valence-corrected chi connectivity index (χ1v) is 10.8. The van der Waals surface area contributed by atoms with Crippen molar-refractivity contribution in [1.29, 1.82) is 5.26 Å². The predicted octanol–water partition coefficient (Wildman–Crippen LogP) is 7.32. The number of nitriles is 1. The fourth-order valence-corrected chi connectivity index (χ4v) is 4.03. The zero-order valence-corrected chi connectivity index (χ0v) is 18.5. The van der Waals surface area contributed by atoms with Crippen molar-refractivity contribution in [2.45, 2.75) is 39.5 Å². The predicted molar refractivity (Wildman–Crippen MR) is 127 cm³/mol. The Morgan fingerprint density at radius 3 is 1.94 bits per heavy atom. The first-order valence-electron chi connectivity index (χ1n) is 10.8. The molecule has 3 nitrogen and oxygen atoms in total. The van der Waals surface area contributed by atoms with E-state index in [9.17, 15) is 0 Å². The van der Waals surface area contributed by atoms with E-state index < -0.39 is 0 Å². The van der Waals surface area contributed by atoms with Crippen LogP contribution < -0.4 is 0 Å². The maximum Gasteiger partial charge on any atom is 0.144 e. The third kappa shape index (κ3) is 4.02. The van der Waals surface area contributed by atoms with Crippen LogP contribution in [0, 0.1) is 11.3 Å². The van der Waals surface area contributed by atoms with E-state index >= 15 is 0 Å². The van der Waals surface area contributed by atoms with Gasteiger partial charge in [-0.3, -0.25) is 4.57 Å². The van der Waals surface area contributed by atoms with E-state index in [1.165, 1.54) is 22.4 Å². The minimum Gasteiger partial charge on any atom is -0.299 e. The van der Waals surface area contributed by atoms with Gasteiger partial charge in [0, 0.05) is 18.0 Å². The van der Waals surface area contributed by atoms with Crippen molar-refractivity contribution in [3.63, 3.8) is 0 Å². The van der Waals surface area contributed by atoms with E-state index in [1.807, 2.05) is 36.5 Å². The summed E-state index contributed by atoms with van der Waals surface area (Å²) in [7, 11) is 0. The average Bonchev–Trinajstić information content (AvgIpc) is 3.28. The van der Waals surface area contributed by atoms with Crippen LogP contribution in [0.1, 0.15) is 56.2 Å². The Morgan fingerprint density at radius 2 is 1.39 bits per heavy atom. The average molecular weight is 406 g/mol. The number of imidazole rings is 1. The second-order valence-electron chi connectivity index (χ2n) is 8.49. The maximum atomic E-state index is 9.14. The van der Waals surface area contributed by atoms with Gasteiger partial charge in [-0.2, -0.15) is 5.26 Å². The topological polar surface area (TPSA) is 41.6 Å². The van der Waals surface area contributed by atoms with Gasteiger partial charge in [0.25, 0.3) is 0 Å². The molecule has 4 rings (SSSR count). The molecule has 0 spiro atoms. The summed E-state index contributed by atoms with van der Waals surface area (Å²) in [4.78, 5) is 4.70. The molecule has 1 heterocycles. The summed E-state index contributed by atoms with van der Waals surface area (Å²) in [6.45, 7) is 8.96. The van der Waals surface area contributed by atoms with Gasteiger partial charge in [-0.1, -0.05) is 70.2 Å². The maximum absolute atomic E-state index is 9.14. The van der Waals surface area contributed by atoms with Gasteiger partial charge in [0.2, 0.25) is 0 Å². The number of hydrogen-bond donors (Lipinski definition) is 0. The molecule has 0 saturated carbocycles. The Hall–Kier alpha value is -3.64. The standard InChI is InChI=1S/C28H27N3/c1-19(2)25-16-24(22-12-10-21(18-29)11-13-22)17-26(20(3)4)27(25)31-15-14-30-28(31)23-8-6-5-7-9-23/h5-17,19-20H,1-4H3. The molecular formula is C28H27N3. The lowest BCUT2D eigenvalue weighted by Crippen LogP contribution is -2.08. The van der Waals surface area contributed by atoms with Crippen LogP contribution in [0.2, 0.25) is 0 Å². The molecular weight excluding hydrogens is 378 g/mol. The number of rotatable bonds is 5. The van der Waals surface area contributed by atoms with E-state index in [2.05, 4.69) is 80.9 Å². The lowest BCUT2D eigenvalue weighted by atomic mass is 9.88. The number of hydrogen-bond acceptors (Lipinski definition) is 2. The van der Waals surface area contributed by atoms with Crippen LogP contribution in [0.3, 0.4) is 0 Å². The van der Waals surface area contributed by atoms with Gasteiger partial charge < -0.3 is 0 Å². The molecule has 0 N–H and O–H groups in total. The Kier molecular flexibility index (Phi) is 5.73. The molecule has 0 aliphatic rings. The summed E-state index contributed by atoms with van der Waals surface area (Å²) >= 11 is 0. The lowest BCUT2D eigenvalue weighted by molar-refractivity contribution is 0.807. The molecule has 3 aromatic carbocycles. The number of nitrogens with zero attached hydrogens (tertiary/aromatic N) is 3. The zero-order chi connectivity index (χ0) is 22.0. The highest BCUT2D eigenvalue weighted by atomic mass is 15.1. The van der Waals surface area contributed by atoms with E-state index in [4.69, 9.17) is 10.2 Å². The van der Waals surface area contributed by atoms with E-state index in [0.29, 0.717) is 17.4 Å². The second-order valence-corrected chi connectivity index (χ2v) is 8.49. The second kappa shape index (κ2) is 8.62. The molecule has 0 aliphatic carbocycles. The largest absolute Gasteiger partial charge is 0.299 e. The summed E-state index contributed by atoms with van der Waals surface area (Å²) in [5.41, 5.74) is 7.90. The van der Waals surface area contributed by atoms with Gasteiger partial charge in [-0.05, 0) is 58.4 Å². The van der Waals surface area contributed by atoms with Crippen molar-refractivity contribution < 1.29 is 0 Å². The SMILES string of the molecule is CC(C)c1cc(-c2ccc(C#N)cc2)cc(C(C)C)c1-n1ccnc1-c1ccccc1. The normalized spacial score (nSPS) is 11.1. The summed E-state index contributed by atoms with van der Waals surface area (Å²) < 4.78 is 2.24. The zero-order valence-electron chi connectivity index (χ0n) is 18.5. The monoisotopic (exact) mass is 405 g/mol. The van der Waals surface area contributed by atoms with Crippen LogP contribution in [0.4, 0.5) is 0 Å². The Balaban J connectivity index is 1.95. The molecule has 0 unspecified atom stereocenters. The van der Waals surface area contributed by atoms with Crippen LogP contribution in [-0.4, -0.2) is 9.55 Å². The smallest absolute Gasteiger partial charge is 0.144 e. The minimum atomic E-state index is 0.344. The molecule has 0 saturated heterocycles. The fourth-order valence-electron chi connectivity index (χ4n) is 4.03. The third-order valence-electron chi connectivity index (χ3n) is 5.67. The van der Waals surface area contributed by atoms with Gasteiger partial charge >= 0.3 is 0 Å². The third-order valence-corrected chi connectivity index (χ3v) is 5.67. The van der Waals surface area contributed by atoms with Gasteiger partial charge in [-0.25, -0.2) is 4.98 Å². The molecule has 0 fully saturated rings. The van der Waals surface area contributed by atoms with Crippen molar-refractivity contribution in [2.75, 3.05) is 0 Å². The van der Waals surface area contributed by atoms with Crippen molar-refractivity contribution in [3.8, 4) is 34.3 Å². The Morgan fingerprint density at radius 1 is 0.774 bits per heavy atom. The highest BCUT2D eigenvalue weighted by molar-refractivity contribution is 5.71. The Labute approximate surface area is 184 Å². The molecule has 0 radical (unpaired) electrons. The van der Waals surface area contributed by atoms with Crippen LogP contribution in [0.15, 0.2) is 79.1 Å². The molecule has 4 aromatic rings. The minimum absolute atomic E-state index is 0.344. The number of aromatic nitrogens is 2. The van der Waals surface area contributed by atoms with Gasteiger partial charge in [0.05, 0.1) is 17.3 Å². The highest BCUT2D eigenvalue weighted by Gasteiger charge is 2.20. The molecule has 31 heavy (non-hydrogen) atoms. The van der Waals surface area contributed by atoms with E-state index in [1.54, 1.807) is 0 Å². The van der Waals surface area contributed by atoms with E-state index in [0.717, 1.165) is 17.0 Å². The summed E-state index contributed by atoms with van der Waals surface area (Å²) in [6.07, 6.45) is 3.95. The molecule has 0 atom stereocenters. The molecule has 1 aromatic heterocycles. The van der Waals surface area contributed by atoms with Gasteiger partial charge in [0.1, 0.15) is 5.82 Å². The Bertz CT molecular complexity index is 1190. The molecule has 0 bridgehead atoms. The lowest BCUT2D eigenvalue weighted by Gasteiger charge is -2.23. The van der Waals surface area contributed by atoms with Crippen LogP contribution in [-0.2, 0) is 0 Å². The van der Waals surface area contributed by atoms with Gasteiger partial charge in [0.15, 0.2) is 0 Å². The summed E-state index contributed by atoms with van der Waals surface area (Å²) in [5.74, 6) is 1.64. The van der Waals surface area contributed by atoms with Crippen molar-refractivity contribution in [3.05, 3.63) is 95.8 Å². The molecule has 154 valence electrons. The molecule has 3 heteroatoms. The van der Waals surface area contributed by atoms with Crippen LogP contribution in [0.5, 0.6) is 0 Å². The van der Waals surface area contributed by atoms with Crippen molar-refractivity contribution in [1.82, 2.24) is 9.55 Å². The molecule has 0 aliphatic heterocycles. The summed E-state index contributed by atoms with van der Waals surface area (Å²) in [6, 6.07) is 25.0. The first kappa shape index (κ1) is 20.6. The quantitative estimate of drug-likeness (QED) is 0.349. The van der Waals surface area contributed by atoms with Gasteiger partial charge in [-0.15, -0.1) is 0 Å². The van der Waals surface area contributed by atoms with Crippen LogP contribution in [0.25, 0.3) is 28.2 Å². The highest BCUT2D eigenvalue weighted by Crippen LogP contribution is 2.37. The van der Waals surface area contributed by atoms with Crippen molar-refractivity contribution >= 4 is 0 Å². The first-order chi connectivity index (χ1) is 15.0. The van der Waals surface area contributed by atoms with Crippen molar-refractivity contribution in [2.24, 2.45) is 0 Å². The fraction of sp³-hybridized carbons (Fsp3) is 0.214. The molecule has 0 amide bonds.